The van der Waals surface area contributed by atoms with Crippen molar-refractivity contribution in [3.63, 3.8) is 0 Å². The fourth-order valence-electron chi connectivity index (χ4n) is 8.26. The number of hydrogen-bond acceptors (Lipinski definition) is 22. The maximum Gasteiger partial charge on any atom is 0.202 e. The zero-order chi connectivity index (χ0) is 44.8. The lowest BCUT2D eigenvalue weighted by atomic mass is 9.72. The summed E-state index contributed by atoms with van der Waals surface area (Å²) in [6, 6.07) is 3.64. The van der Waals surface area contributed by atoms with Gasteiger partial charge in [0.1, 0.15) is 78.3 Å². The van der Waals surface area contributed by atoms with E-state index < -0.39 is 164 Å². The third-order valence-electron chi connectivity index (χ3n) is 11.7. The average Bonchev–Trinajstić information content (AvgIpc) is 3.52. The molecular weight excluding hydrogens is 818 g/mol. The van der Waals surface area contributed by atoms with Gasteiger partial charge in [-0.2, -0.15) is 0 Å². The summed E-state index contributed by atoms with van der Waals surface area (Å²) >= 11 is 0. The Kier molecular flexibility index (Phi) is 14.2. The van der Waals surface area contributed by atoms with Gasteiger partial charge in [0.2, 0.25) is 5.78 Å². The van der Waals surface area contributed by atoms with Crippen LogP contribution in [-0.2, 0) is 34.9 Å². The number of fused-ring (bicyclic) bond motifs is 3. The fourth-order valence-corrected chi connectivity index (χ4v) is 8.26. The zero-order valence-corrected chi connectivity index (χ0v) is 32.9. The standard InChI is InChI=1S/C27H29NO11.C12H22O10/c1-10-22(31)13(28)6-17(38-10)39-15-8-27(36,16(30)9-29)7-12-19(15)26(35)21-20(24(12)33)23(32)11-4-3-5-14(37-2)18(11)25(21)34;13-1-4-7(15)9(17)6(21-4)3-20-12-11(19)10(18)8(16)5(2-14)22-12/h3-5,10,13,15,17,22,29,31,33,35-36H,6-9,28H2,1-2H3;4-19H,1-3H2. The summed E-state index contributed by atoms with van der Waals surface area (Å²) in [7, 11) is 1.32. The van der Waals surface area contributed by atoms with Crippen LogP contribution in [0.5, 0.6) is 17.2 Å². The molecule has 0 amide bonds. The van der Waals surface area contributed by atoms with Gasteiger partial charge in [0.15, 0.2) is 24.1 Å². The number of carbonyl (C=O) groups is 3. The van der Waals surface area contributed by atoms with Crippen LogP contribution in [0.15, 0.2) is 18.2 Å². The highest BCUT2D eigenvalue weighted by atomic mass is 16.7. The minimum Gasteiger partial charge on any atom is -0.507 e. The van der Waals surface area contributed by atoms with E-state index >= 15 is 0 Å². The van der Waals surface area contributed by atoms with E-state index in [2.05, 4.69) is 0 Å². The van der Waals surface area contributed by atoms with Gasteiger partial charge < -0.3 is 95.4 Å². The number of aromatic hydroxyl groups is 2. The number of Topliss-reactive ketones (excluding diaryl/α,β-unsaturated/α-hetero) is 1. The number of aliphatic hydroxyl groups excluding tert-OH is 9. The third kappa shape index (κ3) is 8.52. The molecule has 22 nitrogen and oxygen atoms in total. The van der Waals surface area contributed by atoms with Crippen molar-refractivity contribution in [1.82, 2.24) is 0 Å². The van der Waals surface area contributed by atoms with Gasteiger partial charge in [-0.3, -0.25) is 14.4 Å². The van der Waals surface area contributed by atoms with Crippen molar-refractivity contribution in [2.45, 2.75) is 118 Å². The first-order valence-corrected chi connectivity index (χ1v) is 19.4. The molecule has 3 heterocycles. The summed E-state index contributed by atoms with van der Waals surface area (Å²) in [4.78, 5) is 39.7. The molecule has 2 aromatic carbocycles. The van der Waals surface area contributed by atoms with Crippen LogP contribution in [0.4, 0.5) is 0 Å². The summed E-state index contributed by atoms with van der Waals surface area (Å²) in [6.45, 7) is -0.797. The Labute approximate surface area is 346 Å². The topological polar surface area (TPSA) is 375 Å². The molecule has 2 aromatic rings. The number of benzene rings is 2. The predicted molar refractivity (Wildman–Crippen MR) is 199 cm³/mol. The number of ketones is 3. The van der Waals surface area contributed by atoms with Gasteiger partial charge in [-0.05, 0) is 13.0 Å². The largest absolute Gasteiger partial charge is 0.507 e. The molecule has 3 fully saturated rings. The lowest BCUT2D eigenvalue weighted by Gasteiger charge is -2.42. The Morgan fingerprint density at radius 3 is 2.05 bits per heavy atom. The number of phenols is 2. The lowest BCUT2D eigenvalue weighted by molar-refractivity contribution is -0.306. The molecule has 0 aromatic heterocycles. The molecule has 338 valence electrons. The Morgan fingerprint density at radius 2 is 1.44 bits per heavy atom. The van der Waals surface area contributed by atoms with Gasteiger partial charge >= 0.3 is 0 Å². The Balaban J connectivity index is 0.000000240. The molecule has 22 heteroatoms. The van der Waals surface area contributed by atoms with E-state index in [4.69, 9.17) is 44.4 Å². The smallest absolute Gasteiger partial charge is 0.202 e. The van der Waals surface area contributed by atoms with Crippen LogP contribution in [-0.4, -0.2) is 197 Å². The Bertz CT molecular complexity index is 1950. The number of methoxy groups -OCH3 is 1. The minimum absolute atomic E-state index is 0.0173. The van der Waals surface area contributed by atoms with Gasteiger partial charge in [0.05, 0.1) is 61.9 Å². The number of carbonyl (C=O) groups excluding carboxylic acids is 3. The van der Waals surface area contributed by atoms with E-state index in [1.807, 2.05) is 0 Å². The van der Waals surface area contributed by atoms with Crippen LogP contribution in [0.1, 0.15) is 68.8 Å². The first kappa shape index (κ1) is 46.7. The zero-order valence-electron chi connectivity index (χ0n) is 32.9. The van der Waals surface area contributed by atoms with Crippen molar-refractivity contribution in [3.05, 3.63) is 51.6 Å². The number of hydrogen-bond donors (Lipinski definition) is 13. The van der Waals surface area contributed by atoms with Gasteiger partial charge in [0, 0.05) is 42.0 Å². The van der Waals surface area contributed by atoms with E-state index in [-0.39, 0.29) is 41.0 Å². The van der Waals surface area contributed by atoms with Crippen LogP contribution in [0.25, 0.3) is 0 Å². The first-order chi connectivity index (χ1) is 28.8. The molecular formula is C39H51NO21. The molecule has 2 aliphatic carbocycles. The molecule has 0 radical (unpaired) electrons. The van der Waals surface area contributed by atoms with Crippen molar-refractivity contribution >= 4 is 17.3 Å². The van der Waals surface area contributed by atoms with Crippen LogP contribution >= 0.6 is 0 Å². The maximum atomic E-state index is 13.6. The number of rotatable bonds is 10. The lowest BCUT2D eigenvalue weighted by Crippen LogP contribution is -2.59. The number of ether oxygens (including phenoxy) is 6. The molecule has 3 saturated heterocycles. The summed E-state index contributed by atoms with van der Waals surface area (Å²) in [5.74, 6) is -3.77. The fraction of sp³-hybridized carbons (Fsp3) is 0.615. The highest BCUT2D eigenvalue weighted by Crippen LogP contribution is 2.52. The summed E-state index contributed by atoms with van der Waals surface area (Å²) < 4.78 is 32.5. The van der Waals surface area contributed by atoms with Crippen molar-refractivity contribution in [3.8, 4) is 17.2 Å². The van der Waals surface area contributed by atoms with Gasteiger partial charge in [-0.25, -0.2) is 0 Å². The third-order valence-corrected chi connectivity index (χ3v) is 11.7. The van der Waals surface area contributed by atoms with E-state index in [0.29, 0.717) is 0 Å². The maximum absolute atomic E-state index is 13.6. The second-order valence-electron chi connectivity index (χ2n) is 15.6. The molecule has 15 atom stereocenters. The van der Waals surface area contributed by atoms with Crippen LogP contribution in [0.3, 0.4) is 0 Å². The van der Waals surface area contributed by atoms with Gasteiger partial charge in [-0.1, -0.05) is 12.1 Å². The van der Waals surface area contributed by atoms with Crippen LogP contribution < -0.4 is 10.5 Å². The summed E-state index contributed by atoms with van der Waals surface area (Å²) in [6.07, 6.45) is -16.7. The van der Waals surface area contributed by atoms with Gasteiger partial charge in [0.25, 0.3) is 0 Å². The molecule has 0 saturated carbocycles. The van der Waals surface area contributed by atoms with Crippen molar-refractivity contribution in [2.24, 2.45) is 5.73 Å². The SMILES string of the molecule is COc1cccc2c1C(=O)c1c(O)c3c(c(O)c1C2=O)CC(O)(C(=O)CO)CC3OC1CC(N)C(O)C(C)O1.OCC1OC(COC2OC(CO)C(O)C(O)C2O)C(O)C1O. The van der Waals surface area contributed by atoms with Crippen LogP contribution in [0, 0.1) is 0 Å². The van der Waals surface area contributed by atoms with Crippen molar-refractivity contribution in [2.75, 3.05) is 33.5 Å². The Hall–Kier alpha value is -3.79. The molecule has 14 N–H and O–H groups in total. The second kappa shape index (κ2) is 18.5. The quantitative estimate of drug-likeness (QED) is 0.0851. The molecule has 0 bridgehead atoms. The number of aliphatic hydroxyl groups is 10. The number of phenolic OH excluding ortho intramolecular Hbond substituents is 2. The molecule has 3 aliphatic heterocycles. The summed E-state index contributed by atoms with van der Waals surface area (Å²) in [5.41, 5.74) is 2.37. The van der Waals surface area contributed by atoms with Crippen molar-refractivity contribution < 1.29 is 104 Å². The minimum atomic E-state index is -2.24. The second-order valence-corrected chi connectivity index (χ2v) is 15.6. The normalized spacial score (nSPS) is 36.9. The molecule has 15 unspecified atom stereocenters. The average molecular weight is 870 g/mol. The molecule has 5 aliphatic rings. The van der Waals surface area contributed by atoms with Gasteiger partial charge in [-0.15, -0.1) is 0 Å². The molecule has 61 heavy (non-hydrogen) atoms. The molecule has 7 rings (SSSR count). The van der Waals surface area contributed by atoms with E-state index in [0.717, 1.165) is 0 Å². The van der Waals surface area contributed by atoms with E-state index in [1.165, 1.54) is 25.3 Å². The predicted octanol–water partition coefficient (Wildman–Crippen LogP) is -4.71. The number of nitrogens with two attached hydrogens (primary N) is 1. The van der Waals surface area contributed by atoms with Crippen LogP contribution in [0.2, 0.25) is 0 Å². The highest BCUT2D eigenvalue weighted by Gasteiger charge is 2.51. The Morgan fingerprint density at radius 1 is 0.820 bits per heavy atom. The highest BCUT2D eigenvalue weighted by molar-refractivity contribution is 6.31. The van der Waals surface area contributed by atoms with E-state index in [1.54, 1.807) is 6.92 Å². The van der Waals surface area contributed by atoms with E-state index in [9.17, 15) is 65.4 Å². The first-order valence-electron chi connectivity index (χ1n) is 19.4. The molecule has 0 spiro atoms. The summed E-state index contributed by atoms with van der Waals surface area (Å²) in [5, 5.41) is 120. The monoisotopic (exact) mass is 869 g/mol. The van der Waals surface area contributed by atoms with Crippen molar-refractivity contribution in [1.29, 1.82) is 0 Å².